The van der Waals surface area contributed by atoms with Gasteiger partial charge in [0.2, 0.25) is 0 Å². The Kier molecular flexibility index (Phi) is 5.22. The zero-order chi connectivity index (χ0) is 12.2. The van der Waals surface area contributed by atoms with Crippen molar-refractivity contribution in [1.82, 2.24) is 10.2 Å². The maximum absolute atomic E-state index is 9.15. The van der Waals surface area contributed by atoms with Crippen molar-refractivity contribution in [3.05, 3.63) is 0 Å². The molecule has 3 heteroatoms. The van der Waals surface area contributed by atoms with Crippen molar-refractivity contribution < 1.29 is 5.11 Å². The Bertz CT molecular complexity index is 189. The molecule has 1 aliphatic heterocycles. The standard InChI is InChI=1S/C13H28N2O/c1-13(2,3)11-5-7-15(8-6-11)9-12(10-16)14-4/h11-12,14,16H,5-10H2,1-4H3. The first-order chi connectivity index (χ1) is 7.47. The number of likely N-dealkylation sites (N-methyl/N-ethyl adjacent to an activating group) is 1. The van der Waals surface area contributed by atoms with Crippen LogP contribution in [0.4, 0.5) is 0 Å². The lowest BCUT2D eigenvalue weighted by Crippen LogP contribution is -2.46. The maximum Gasteiger partial charge on any atom is 0.0597 e. The Morgan fingerprint density at radius 1 is 1.31 bits per heavy atom. The summed E-state index contributed by atoms with van der Waals surface area (Å²) in [4.78, 5) is 2.47. The summed E-state index contributed by atoms with van der Waals surface area (Å²) >= 11 is 0. The van der Waals surface area contributed by atoms with Crippen LogP contribution in [0, 0.1) is 11.3 Å². The summed E-state index contributed by atoms with van der Waals surface area (Å²) in [7, 11) is 1.92. The molecule has 1 saturated heterocycles. The summed E-state index contributed by atoms with van der Waals surface area (Å²) in [6, 6.07) is 0.228. The number of nitrogens with zero attached hydrogens (tertiary/aromatic N) is 1. The third kappa shape index (κ3) is 4.04. The van der Waals surface area contributed by atoms with Crippen molar-refractivity contribution >= 4 is 0 Å². The van der Waals surface area contributed by atoms with Gasteiger partial charge in [0, 0.05) is 12.6 Å². The van der Waals surface area contributed by atoms with E-state index < -0.39 is 0 Å². The van der Waals surface area contributed by atoms with E-state index >= 15 is 0 Å². The quantitative estimate of drug-likeness (QED) is 0.762. The third-order valence-corrected chi connectivity index (χ3v) is 3.92. The van der Waals surface area contributed by atoms with Crippen molar-refractivity contribution in [2.24, 2.45) is 11.3 Å². The normalized spacial score (nSPS) is 22.3. The number of rotatable bonds is 4. The molecule has 1 aliphatic rings. The maximum atomic E-state index is 9.15. The number of hydrogen-bond acceptors (Lipinski definition) is 3. The zero-order valence-corrected chi connectivity index (χ0v) is 11.3. The van der Waals surface area contributed by atoms with Gasteiger partial charge in [-0.1, -0.05) is 20.8 Å². The van der Waals surface area contributed by atoms with Gasteiger partial charge in [-0.05, 0) is 44.3 Å². The van der Waals surface area contributed by atoms with Crippen LogP contribution in [0.25, 0.3) is 0 Å². The molecule has 2 N–H and O–H groups in total. The van der Waals surface area contributed by atoms with Crippen LogP contribution in [0.15, 0.2) is 0 Å². The number of piperidine rings is 1. The fourth-order valence-corrected chi connectivity index (χ4v) is 2.53. The highest BCUT2D eigenvalue weighted by Crippen LogP contribution is 2.34. The lowest BCUT2D eigenvalue weighted by molar-refractivity contribution is 0.0972. The van der Waals surface area contributed by atoms with E-state index in [1.807, 2.05) is 7.05 Å². The van der Waals surface area contributed by atoms with Crippen LogP contribution >= 0.6 is 0 Å². The summed E-state index contributed by atoms with van der Waals surface area (Å²) in [5.41, 5.74) is 0.450. The van der Waals surface area contributed by atoms with Crippen molar-refractivity contribution in [2.75, 3.05) is 33.3 Å². The lowest BCUT2D eigenvalue weighted by atomic mass is 9.75. The molecule has 96 valence electrons. The third-order valence-electron chi connectivity index (χ3n) is 3.92. The van der Waals surface area contributed by atoms with Gasteiger partial charge in [0.05, 0.1) is 6.61 Å². The second kappa shape index (κ2) is 5.99. The van der Waals surface area contributed by atoms with E-state index in [9.17, 15) is 0 Å². The second-order valence-corrected chi connectivity index (χ2v) is 6.11. The molecular formula is C13H28N2O. The molecule has 0 amide bonds. The van der Waals surface area contributed by atoms with Crippen molar-refractivity contribution in [2.45, 2.75) is 39.7 Å². The Hall–Kier alpha value is -0.120. The summed E-state index contributed by atoms with van der Waals surface area (Å²) in [5, 5.41) is 12.3. The number of likely N-dealkylation sites (tertiary alicyclic amines) is 1. The van der Waals surface area contributed by atoms with E-state index in [0.29, 0.717) is 5.41 Å². The fraction of sp³-hybridized carbons (Fsp3) is 1.00. The summed E-state index contributed by atoms with van der Waals surface area (Å²) in [5.74, 6) is 0.853. The van der Waals surface area contributed by atoms with Gasteiger partial charge in [0.25, 0.3) is 0 Å². The molecule has 0 aliphatic carbocycles. The molecule has 0 aromatic carbocycles. The van der Waals surface area contributed by atoms with Crippen LogP contribution in [0.1, 0.15) is 33.6 Å². The molecule has 0 aromatic heterocycles. The first-order valence-corrected chi connectivity index (χ1v) is 6.48. The Labute approximate surface area is 100 Å². The fourth-order valence-electron chi connectivity index (χ4n) is 2.53. The van der Waals surface area contributed by atoms with Crippen LogP contribution in [-0.4, -0.2) is 49.3 Å². The van der Waals surface area contributed by atoms with Crippen molar-refractivity contribution in [3.63, 3.8) is 0 Å². The van der Waals surface area contributed by atoms with Gasteiger partial charge in [-0.25, -0.2) is 0 Å². The van der Waals surface area contributed by atoms with Crippen molar-refractivity contribution in [3.8, 4) is 0 Å². The van der Waals surface area contributed by atoms with Gasteiger partial charge in [0.1, 0.15) is 0 Å². The van der Waals surface area contributed by atoms with Gasteiger partial charge in [-0.2, -0.15) is 0 Å². The van der Waals surface area contributed by atoms with E-state index in [0.717, 1.165) is 12.5 Å². The predicted molar refractivity (Wildman–Crippen MR) is 68.6 cm³/mol. The molecule has 16 heavy (non-hydrogen) atoms. The molecule has 1 heterocycles. The lowest BCUT2D eigenvalue weighted by Gasteiger charge is -2.39. The average Bonchev–Trinajstić information content (AvgIpc) is 2.25. The minimum atomic E-state index is 0.228. The highest BCUT2D eigenvalue weighted by Gasteiger charge is 2.29. The molecule has 0 saturated carbocycles. The molecule has 0 aromatic rings. The van der Waals surface area contributed by atoms with Crippen LogP contribution in [-0.2, 0) is 0 Å². The predicted octanol–water partition coefficient (Wildman–Crippen LogP) is 1.32. The second-order valence-electron chi connectivity index (χ2n) is 6.11. The molecule has 1 unspecified atom stereocenters. The first kappa shape index (κ1) is 13.9. The summed E-state index contributed by atoms with van der Waals surface area (Å²) in [6.45, 7) is 10.6. The smallest absolute Gasteiger partial charge is 0.0597 e. The first-order valence-electron chi connectivity index (χ1n) is 6.48. The van der Waals surface area contributed by atoms with Gasteiger partial charge in [-0.3, -0.25) is 0 Å². The van der Waals surface area contributed by atoms with E-state index in [1.165, 1.54) is 25.9 Å². The summed E-state index contributed by atoms with van der Waals surface area (Å²) < 4.78 is 0. The highest BCUT2D eigenvalue weighted by atomic mass is 16.3. The van der Waals surface area contributed by atoms with E-state index in [4.69, 9.17) is 5.11 Å². The SMILES string of the molecule is CNC(CO)CN1CCC(C(C)(C)C)CC1. The molecule has 3 nitrogen and oxygen atoms in total. The average molecular weight is 228 g/mol. The number of hydrogen-bond donors (Lipinski definition) is 2. The number of aliphatic hydroxyl groups excluding tert-OH is 1. The highest BCUT2D eigenvalue weighted by molar-refractivity contribution is 4.82. The van der Waals surface area contributed by atoms with Gasteiger partial charge >= 0.3 is 0 Å². The minimum Gasteiger partial charge on any atom is -0.395 e. The molecule has 1 rings (SSSR count). The zero-order valence-electron chi connectivity index (χ0n) is 11.3. The van der Waals surface area contributed by atoms with Crippen molar-refractivity contribution in [1.29, 1.82) is 0 Å². The van der Waals surface area contributed by atoms with Gasteiger partial charge in [-0.15, -0.1) is 0 Å². The molecule has 1 atom stereocenters. The molecular weight excluding hydrogens is 200 g/mol. The van der Waals surface area contributed by atoms with Crippen LogP contribution in [0.2, 0.25) is 0 Å². The van der Waals surface area contributed by atoms with E-state index in [2.05, 4.69) is 31.0 Å². The molecule has 1 fully saturated rings. The topological polar surface area (TPSA) is 35.5 Å². The Morgan fingerprint density at radius 2 is 1.88 bits per heavy atom. The van der Waals surface area contributed by atoms with E-state index in [1.54, 1.807) is 0 Å². The minimum absolute atomic E-state index is 0.228. The molecule has 0 radical (unpaired) electrons. The number of nitrogens with one attached hydrogen (secondary N) is 1. The van der Waals surface area contributed by atoms with Gasteiger partial charge < -0.3 is 15.3 Å². The van der Waals surface area contributed by atoms with E-state index in [-0.39, 0.29) is 12.6 Å². The van der Waals surface area contributed by atoms with Gasteiger partial charge in [0.15, 0.2) is 0 Å². The van der Waals surface area contributed by atoms with Crippen LogP contribution in [0.5, 0.6) is 0 Å². The Morgan fingerprint density at radius 3 is 2.25 bits per heavy atom. The summed E-state index contributed by atoms with van der Waals surface area (Å²) in [6.07, 6.45) is 2.59. The molecule has 0 spiro atoms. The van der Waals surface area contributed by atoms with Crippen LogP contribution in [0.3, 0.4) is 0 Å². The number of aliphatic hydroxyl groups is 1. The molecule has 0 bridgehead atoms. The Balaban J connectivity index is 2.32. The van der Waals surface area contributed by atoms with Crippen LogP contribution < -0.4 is 5.32 Å². The largest absolute Gasteiger partial charge is 0.395 e. The monoisotopic (exact) mass is 228 g/mol.